The van der Waals surface area contributed by atoms with Gasteiger partial charge < -0.3 is 10.3 Å². The highest BCUT2D eigenvalue weighted by molar-refractivity contribution is 6.38. The standard InChI is InChI=1S/C12H10ClF3N2/c1-2-7-5-8-10(4-3-9(17)11(8)13)18(7)6-12(14,15)16/h2-5H,1,6,17H2. The summed E-state index contributed by atoms with van der Waals surface area (Å²) >= 11 is 5.99. The lowest BCUT2D eigenvalue weighted by atomic mass is 10.2. The van der Waals surface area contributed by atoms with Gasteiger partial charge in [-0.3, -0.25) is 0 Å². The highest BCUT2D eigenvalue weighted by atomic mass is 35.5. The summed E-state index contributed by atoms with van der Waals surface area (Å²) in [6.07, 6.45) is -2.95. The van der Waals surface area contributed by atoms with Crippen molar-refractivity contribution in [2.75, 3.05) is 5.73 Å². The van der Waals surface area contributed by atoms with E-state index in [9.17, 15) is 13.2 Å². The first-order valence-electron chi connectivity index (χ1n) is 5.10. The van der Waals surface area contributed by atoms with Gasteiger partial charge in [0.15, 0.2) is 0 Å². The van der Waals surface area contributed by atoms with Gasteiger partial charge in [0.05, 0.1) is 16.2 Å². The highest BCUT2D eigenvalue weighted by Crippen LogP contribution is 2.33. The third kappa shape index (κ3) is 2.18. The smallest absolute Gasteiger partial charge is 0.398 e. The molecule has 0 atom stereocenters. The van der Waals surface area contributed by atoms with Gasteiger partial charge >= 0.3 is 6.18 Å². The summed E-state index contributed by atoms with van der Waals surface area (Å²) in [5, 5.41) is 0.757. The predicted octanol–water partition coefficient (Wildman–Crippen LogP) is 4.08. The van der Waals surface area contributed by atoms with Gasteiger partial charge in [0, 0.05) is 11.1 Å². The number of hydrogen-bond acceptors (Lipinski definition) is 1. The predicted molar refractivity (Wildman–Crippen MR) is 67.5 cm³/mol. The van der Waals surface area contributed by atoms with Gasteiger partial charge in [0.1, 0.15) is 6.54 Å². The normalized spacial score (nSPS) is 12.0. The summed E-state index contributed by atoms with van der Waals surface area (Å²) in [6, 6.07) is 4.56. The van der Waals surface area contributed by atoms with E-state index in [1.54, 1.807) is 6.07 Å². The number of nitrogens with zero attached hydrogens (tertiary/aromatic N) is 1. The molecular weight excluding hydrogens is 265 g/mol. The zero-order valence-corrected chi connectivity index (χ0v) is 10.0. The van der Waals surface area contributed by atoms with Crippen molar-refractivity contribution in [1.82, 2.24) is 4.57 Å². The molecule has 1 heterocycles. The van der Waals surface area contributed by atoms with Gasteiger partial charge in [-0.25, -0.2) is 0 Å². The third-order valence-electron chi connectivity index (χ3n) is 2.63. The van der Waals surface area contributed by atoms with Crippen LogP contribution in [-0.2, 0) is 6.54 Å². The van der Waals surface area contributed by atoms with Crippen LogP contribution in [0.15, 0.2) is 24.8 Å². The average molecular weight is 275 g/mol. The molecule has 0 unspecified atom stereocenters. The van der Waals surface area contributed by atoms with Crippen LogP contribution in [-0.4, -0.2) is 10.7 Å². The summed E-state index contributed by atoms with van der Waals surface area (Å²) < 4.78 is 38.7. The molecule has 0 bridgehead atoms. The molecule has 0 aliphatic heterocycles. The number of nitrogens with two attached hydrogens (primary N) is 1. The lowest BCUT2D eigenvalue weighted by Gasteiger charge is -2.11. The fraction of sp³-hybridized carbons (Fsp3) is 0.167. The van der Waals surface area contributed by atoms with Crippen molar-refractivity contribution in [2.24, 2.45) is 0 Å². The second-order valence-electron chi connectivity index (χ2n) is 3.88. The third-order valence-corrected chi connectivity index (χ3v) is 3.05. The van der Waals surface area contributed by atoms with Crippen molar-refractivity contribution in [3.05, 3.63) is 35.5 Å². The number of halogens is 4. The van der Waals surface area contributed by atoms with Crippen molar-refractivity contribution < 1.29 is 13.2 Å². The molecule has 0 saturated heterocycles. The second-order valence-corrected chi connectivity index (χ2v) is 4.25. The van der Waals surface area contributed by atoms with Gasteiger partial charge in [0.2, 0.25) is 0 Å². The van der Waals surface area contributed by atoms with Gasteiger partial charge in [-0.05, 0) is 24.3 Å². The van der Waals surface area contributed by atoms with E-state index < -0.39 is 12.7 Å². The first kappa shape index (κ1) is 12.8. The molecular formula is C12H10ClF3N2. The van der Waals surface area contributed by atoms with Crippen LogP contribution < -0.4 is 5.73 Å². The maximum absolute atomic E-state index is 12.5. The highest BCUT2D eigenvalue weighted by Gasteiger charge is 2.29. The average Bonchev–Trinajstić information content (AvgIpc) is 2.60. The van der Waals surface area contributed by atoms with Crippen LogP contribution in [0.3, 0.4) is 0 Å². The van der Waals surface area contributed by atoms with Crippen LogP contribution in [0.1, 0.15) is 5.69 Å². The van der Waals surface area contributed by atoms with Crippen LogP contribution in [0.2, 0.25) is 5.02 Å². The zero-order valence-electron chi connectivity index (χ0n) is 9.26. The Morgan fingerprint density at radius 3 is 2.61 bits per heavy atom. The number of benzene rings is 1. The van der Waals surface area contributed by atoms with Crippen molar-refractivity contribution in [2.45, 2.75) is 12.7 Å². The molecule has 0 aliphatic carbocycles. The molecule has 1 aromatic heterocycles. The van der Waals surface area contributed by atoms with Crippen LogP contribution in [0.4, 0.5) is 18.9 Å². The number of aromatic nitrogens is 1. The number of rotatable bonds is 2. The first-order chi connectivity index (χ1) is 8.33. The molecule has 0 saturated carbocycles. The quantitative estimate of drug-likeness (QED) is 0.822. The van der Waals surface area contributed by atoms with E-state index in [2.05, 4.69) is 6.58 Å². The molecule has 0 fully saturated rings. The number of nitrogen functional groups attached to an aromatic ring is 1. The molecule has 0 aliphatic rings. The maximum Gasteiger partial charge on any atom is 0.406 e. The number of alkyl halides is 3. The lowest BCUT2D eigenvalue weighted by molar-refractivity contribution is -0.139. The van der Waals surface area contributed by atoms with E-state index in [1.165, 1.54) is 18.2 Å². The van der Waals surface area contributed by atoms with E-state index in [1.807, 2.05) is 0 Å². The van der Waals surface area contributed by atoms with Crippen LogP contribution in [0.5, 0.6) is 0 Å². The molecule has 6 heteroatoms. The Bertz CT molecular complexity index is 614. The largest absolute Gasteiger partial charge is 0.406 e. The van der Waals surface area contributed by atoms with Crippen molar-refractivity contribution in [1.29, 1.82) is 0 Å². The van der Waals surface area contributed by atoms with E-state index in [0.29, 0.717) is 22.3 Å². The summed E-state index contributed by atoms with van der Waals surface area (Å²) in [5.74, 6) is 0. The van der Waals surface area contributed by atoms with Gasteiger partial charge in [-0.2, -0.15) is 13.2 Å². The molecule has 2 N–H and O–H groups in total. The monoisotopic (exact) mass is 274 g/mol. The Hall–Kier alpha value is -1.62. The Morgan fingerprint density at radius 1 is 1.39 bits per heavy atom. The van der Waals surface area contributed by atoms with Crippen LogP contribution >= 0.6 is 11.6 Å². The van der Waals surface area contributed by atoms with Gasteiger partial charge in [-0.1, -0.05) is 18.2 Å². The summed E-state index contributed by atoms with van der Waals surface area (Å²) in [6.45, 7) is 2.42. The topological polar surface area (TPSA) is 30.9 Å². The zero-order chi connectivity index (χ0) is 13.5. The Kier molecular flexibility index (Phi) is 3.02. The van der Waals surface area contributed by atoms with Gasteiger partial charge in [0.25, 0.3) is 0 Å². The summed E-state index contributed by atoms with van der Waals surface area (Å²) in [4.78, 5) is 0. The number of anilines is 1. The fourth-order valence-electron chi connectivity index (χ4n) is 1.86. The molecule has 0 amide bonds. The molecule has 2 aromatic rings. The molecule has 96 valence electrons. The van der Waals surface area contributed by atoms with E-state index in [4.69, 9.17) is 17.3 Å². The minimum Gasteiger partial charge on any atom is -0.398 e. The molecule has 0 spiro atoms. The van der Waals surface area contributed by atoms with Crippen molar-refractivity contribution in [3.8, 4) is 0 Å². The van der Waals surface area contributed by atoms with E-state index in [0.717, 1.165) is 4.57 Å². The van der Waals surface area contributed by atoms with Crippen molar-refractivity contribution in [3.63, 3.8) is 0 Å². The van der Waals surface area contributed by atoms with E-state index in [-0.39, 0.29) is 5.02 Å². The minimum atomic E-state index is -4.31. The molecule has 0 radical (unpaired) electrons. The molecule has 2 rings (SSSR count). The Labute approximate surface area is 106 Å². The van der Waals surface area contributed by atoms with Crippen LogP contribution in [0.25, 0.3) is 17.0 Å². The minimum absolute atomic E-state index is 0.261. The molecule has 18 heavy (non-hydrogen) atoms. The first-order valence-corrected chi connectivity index (χ1v) is 5.47. The lowest BCUT2D eigenvalue weighted by Crippen LogP contribution is -2.18. The Balaban J connectivity index is 2.71. The van der Waals surface area contributed by atoms with E-state index >= 15 is 0 Å². The fourth-order valence-corrected chi connectivity index (χ4v) is 2.08. The molecule has 1 aromatic carbocycles. The Morgan fingerprint density at radius 2 is 2.06 bits per heavy atom. The SMILES string of the molecule is C=Cc1cc2c(Cl)c(N)ccc2n1CC(F)(F)F. The summed E-state index contributed by atoms with van der Waals surface area (Å²) in [5.41, 5.74) is 6.71. The van der Waals surface area contributed by atoms with Gasteiger partial charge in [-0.15, -0.1) is 0 Å². The maximum atomic E-state index is 12.5. The number of fused-ring (bicyclic) bond motifs is 1. The second kappa shape index (κ2) is 4.24. The number of hydrogen-bond donors (Lipinski definition) is 1. The molecule has 2 nitrogen and oxygen atoms in total. The van der Waals surface area contributed by atoms with Crippen molar-refractivity contribution >= 4 is 34.3 Å². The van der Waals surface area contributed by atoms with Crippen LogP contribution in [0, 0.1) is 0 Å². The summed E-state index contributed by atoms with van der Waals surface area (Å²) in [7, 11) is 0.